The minimum absolute atomic E-state index is 0.0938. The van der Waals surface area contributed by atoms with E-state index in [1.807, 2.05) is 66.7 Å². The van der Waals surface area contributed by atoms with Gasteiger partial charge in [0.1, 0.15) is 11.8 Å². The fourth-order valence-electron chi connectivity index (χ4n) is 3.35. The molecule has 0 saturated heterocycles. The van der Waals surface area contributed by atoms with Gasteiger partial charge in [-0.1, -0.05) is 49.4 Å². The van der Waals surface area contributed by atoms with E-state index in [1.54, 1.807) is 31.3 Å². The highest BCUT2D eigenvalue weighted by Crippen LogP contribution is 2.25. The SMILES string of the molecule is CCC(=O)N(Cc1ccc(OC)cc1)[C@@H](C(=O)NCc1ccncc1)c1ccccc1. The first-order valence-electron chi connectivity index (χ1n) is 10.3. The van der Waals surface area contributed by atoms with E-state index in [2.05, 4.69) is 10.3 Å². The van der Waals surface area contributed by atoms with Crippen molar-refractivity contribution in [2.75, 3.05) is 7.11 Å². The molecule has 0 aliphatic carbocycles. The summed E-state index contributed by atoms with van der Waals surface area (Å²) < 4.78 is 5.22. The van der Waals surface area contributed by atoms with Crippen LogP contribution in [0.3, 0.4) is 0 Å². The highest BCUT2D eigenvalue weighted by atomic mass is 16.5. The molecule has 1 heterocycles. The molecular weight excluding hydrogens is 390 g/mol. The summed E-state index contributed by atoms with van der Waals surface area (Å²) in [5.74, 6) is 0.425. The third-order valence-electron chi connectivity index (χ3n) is 5.03. The first-order valence-corrected chi connectivity index (χ1v) is 10.3. The molecule has 0 saturated carbocycles. The first kappa shape index (κ1) is 22.0. The Labute approximate surface area is 182 Å². The summed E-state index contributed by atoms with van der Waals surface area (Å²) in [7, 11) is 1.61. The molecule has 3 rings (SSSR count). The average Bonchev–Trinajstić information content (AvgIpc) is 2.83. The number of amides is 2. The molecule has 1 N–H and O–H groups in total. The van der Waals surface area contributed by atoms with Crippen LogP contribution in [0.1, 0.15) is 36.1 Å². The van der Waals surface area contributed by atoms with Crippen LogP contribution in [0.5, 0.6) is 5.75 Å². The number of nitrogens with one attached hydrogen (secondary N) is 1. The van der Waals surface area contributed by atoms with Crippen molar-refractivity contribution < 1.29 is 14.3 Å². The number of hydrogen-bond acceptors (Lipinski definition) is 4. The van der Waals surface area contributed by atoms with Gasteiger partial charge in [0, 0.05) is 31.9 Å². The molecule has 1 atom stereocenters. The van der Waals surface area contributed by atoms with Crippen LogP contribution < -0.4 is 10.1 Å². The third-order valence-corrected chi connectivity index (χ3v) is 5.03. The van der Waals surface area contributed by atoms with E-state index in [4.69, 9.17) is 4.74 Å². The van der Waals surface area contributed by atoms with Crippen molar-refractivity contribution in [2.24, 2.45) is 0 Å². The summed E-state index contributed by atoms with van der Waals surface area (Å²) in [5, 5.41) is 2.98. The normalized spacial score (nSPS) is 11.4. The Morgan fingerprint density at radius 3 is 2.26 bits per heavy atom. The van der Waals surface area contributed by atoms with E-state index in [1.165, 1.54) is 0 Å². The molecule has 0 aliphatic heterocycles. The Hall–Kier alpha value is -3.67. The highest BCUT2D eigenvalue weighted by Gasteiger charge is 2.30. The maximum atomic E-state index is 13.3. The Morgan fingerprint density at radius 1 is 0.968 bits per heavy atom. The molecule has 0 fully saturated rings. The fourth-order valence-corrected chi connectivity index (χ4v) is 3.35. The number of ether oxygens (including phenoxy) is 1. The molecule has 1 aromatic heterocycles. The predicted molar refractivity (Wildman–Crippen MR) is 119 cm³/mol. The molecule has 2 aromatic carbocycles. The Balaban J connectivity index is 1.89. The molecule has 31 heavy (non-hydrogen) atoms. The molecule has 0 bridgehead atoms. The summed E-state index contributed by atoms with van der Waals surface area (Å²) in [4.78, 5) is 31.9. The van der Waals surface area contributed by atoms with Gasteiger partial charge in [0.15, 0.2) is 0 Å². The zero-order chi connectivity index (χ0) is 22.1. The number of hydrogen-bond donors (Lipinski definition) is 1. The van der Waals surface area contributed by atoms with Crippen molar-refractivity contribution in [1.82, 2.24) is 15.2 Å². The maximum absolute atomic E-state index is 13.3. The summed E-state index contributed by atoms with van der Waals surface area (Å²) in [6, 6.07) is 19.9. The minimum atomic E-state index is -0.738. The number of nitrogens with zero attached hydrogens (tertiary/aromatic N) is 2. The lowest BCUT2D eigenvalue weighted by Gasteiger charge is -2.31. The van der Waals surface area contributed by atoms with Crippen LogP contribution in [0, 0.1) is 0 Å². The Bertz CT molecular complexity index is 976. The summed E-state index contributed by atoms with van der Waals surface area (Å²) in [6.07, 6.45) is 3.68. The van der Waals surface area contributed by atoms with E-state index in [-0.39, 0.29) is 11.8 Å². The molecule has 160 valence electrons. The second kappa shape index (κ2) is 10.9. The molecule has 6 heteroatoms. The fraction of sp³-hybridized carbons (Fsp3) is 0.240. The molecule has 6 nitrogen and oxygen atoms in total. The van der Waals surface area contributed by atoms with E-state index >= 15 is 0 Å². The second-order valence-electron chi connectivity index (χ2n) is 7.11. The van der Waals surface area contributed by atoms with Gasteiger partial charge in [-0.2, -0.15) is 0 Å². The highest BCUT2D eigenvalue weighted by molar-refractivity contribution is 5.88. The van der Waals surface area contributed by atoms with Gasteiger partial charge in [-0.05, 0) is 41.0 Å². The van der Waals surface area contributed by atoms with Gasteiger partial charge >= 0.3 is 0 Å². The largest absolute Gasteiger partial charge is 0.497 e. The van der Waals surface area contributed by atoms with Crippen molar-refractivity contribution in [3.63, 3.8) is 0 Å². The third kappa shape index (κ3) is 5.92. The minimum Gasteiger partial charge on any atom is -0.497 e. The van der Waals surface area contributed by atoms with Gasteiger partial charge in [0.05, 0.1) is 7.11 Å². The summed E-state index contributed by atoms with van der Waals surface area (Å²) in [6.45, 7) is 2.49. The van der Waals surface area contributed by atoms with Gasteiger partial charge in [-0.15, -0.1) is 0 Å². The van der Waals surface area contributed by atoms with Gasteiger partial charge in [-0.25, -0.2) is 0 Å². The van der Waals surface area contributed by atoms with Crippen molar-refractivity contribution in [1.29, 1.82) is 0 Å². The molecular formula is C25H27N3O3. The standard InChI is InChI=1S/C25H27N3O3/c1-3-23(29)28(18-20-9-11-22(31-2)12-10-20)24(21-7-5-4-6-8-21)25(30)27-17-19-13-15-26-16-14-19/h4-16,24H,3,17-18H2,1-2H3,(H,27,30)/t24-/m1/s1. The maximum Gasteiger partial charge on any atom is 0.247 e. The van der Waals surface area contributed by atoms with Crippen molar-refractivity contribution in [3.8, 4) is 5.75 Å². The summed E-state index contributed by atoms with van der Waals surface area (Å²) >= 11 is 0. The lowest BCUT2D eigenvalue weighted by atomic mass is 10.0. The van der Waals surface area contributed by atoms with E-state index < -0.39 is 6.04 Å². The number of pyridine rings is 1. The molecule has 0 radical (unpaired) electrons. The van der Waals surface area contributed by atoms with Crippen molar-refractivity contribution in [2.45, 2.75) is 32.5 Å². The molecule has 2 amide bonds. The van der Waals surface area contributed by atoms with E-state index in [0.717, 1.165) is 22.4 Å². The van der Waals surface area contributed by atoms with Crippen LogP contribution >= 0.6 is 0 Å². The van der Waals surface area contributed by atoms with E-state index in [0.29, 0.717) is 19.5 Å². The summed E-state index contributed by atoms with van der Waals surface area (Å²) in [5.41, 5.74) is 2.63. The number of carbonyl (C=O) groups excluding carboxylic acids is 2. The van der Waals surface area contributed by atoms with Crippen LogP contribution in [-0.4, -0.2) is 28.8 Å². The first-order chi connectivity index (χ1) is 15.1. The van der Waals surface area contributed by atoms with Gasteiger partial charge < -0.3 is 15.0 Å². The number of carbonyl (C=O) groups is 2. The van der Waals surface area contributed by atoms with Gasteiger partial charge in [0.25, 0.3) is 0 Å². The Morgan fingerprint density at radius 2 is 1.65 bits per heavy atom. The zero-order valence-corrected chi connectivity index (χ0v) is 17.8. The van der Waals surface area contributed by atoms with Crippen molar-refractivity contribution in [3.05, 3.63) is 95.8 Å². The smallest absolute Gasteiger partial charge is 0.247 e. The molecule has 0 aliphatic rings. The van der Waals surface area contributed by atoms with E-state index in [9.17, 15) is 9.59 Å². The van der Waals surface area contributed by atoms with Crippen LogP contribution in [0.15, 0.2) is 79.1 Å². The van der Waals surface area contributed by atoms with Crippen LogP contribution in [0.2, 0.25) is 0 Å². The van der Waals surface area contributed by atoms with Crippen LogP contribution in [-0.2, 0) is 22.7 Å². The Kier molecular flexibility index (Phi) is 7.76. The number of aromatic nitrogens is 1. The monoisotopic (exact) mass is 417 g/mol. The molecule has 3 aromatic rings. The topological polar surface area (TPSA) is 71.5 Å². The van der Waals surface area contributed by atoms with Crippen LogP contribution in [0.4, 0.5) is 0 Å². The molecule has 0 unspecified atom stereocenters. The molecule has 0 spiro atoms. The predicted octanol–water partition coefficient (Wildman–Crippen LogP) is 3.89. The van der Waals surface area contributed by atoms with Gasteiger partial charge in [0.2, 0.25) is 11.8 Å². The van der Waals surface area contributed by atoms with Crippen LogP contribution in [0.25, 0.3) is 0 Å². The lowest BCUT2D eigenvalue weighted by Crippen LogP contribution is -2.43. The number of methoxy groups -OCH3 is 1. The quantitative estimate of drug-likeness (QED) is 0.573. The van der Waals surface area contributed by atoms with Gasteiger partial charge in [-0.3, -0.25) is 14.6 Å². The lowest BCUT2D eigenvalue weighted by molar-refractivity contribution is -0.141. The number of rotatable bonds is 9. The average molecular weight is 418 g/mol. The zero-order valence-electron chi connectivity index (χ0n) is 17.8. The number of benzene rings is 2. The van der Waals surface area contributed by atoms with Crippen molar-refractivity contribution >= 4 is 11.8 Å². The second-order valence-corrected chi connectivity index (χ2v) is 7.11.